The highest BCUT2D eigenvalue weighted by Gasteiger charge is 2.22. The summed E-state index contributed by atoms with van der Waals surface area (Å²) in [5.74, 6) is -0.270. The molecule has 0 fully saturated rings. The first kappa shape index (κ1) is 15.6. The Kier molecular flexibility index (Phi) is 6.21. The predicted molar refractivity (Wildman–Crippen MR) is 72.9 cm³/mol. The highest BCUT2D eigenvalue weighted by atomic mass is 79.9. The van der Waals surface area contributed by atoms with Crippen LogP contribution in [0.4, 0.5) is 4.39 Å². The van der Waals surface area contributed by atoms with Gasteiger partial charge in [-0.2, -0.15) is 0 Å². The number of aliphatic hydroxyl groups is 1. The van der Waals surface area contributed by atoms with Crippen molar-refractivity contribution in [1.82, 2.24) is 5.32 Å². The molecule has 0 spiro atoms. The minimum atomic E-state index is -0.287. The molecule has 1 aromatic rings. The van der Waals surface area contributed by atoms with Crippen LogP contribution in [0.2, 0.25) is 0 Å². The quantitative estimate of drug-likeness (QED) is 0.811. The summed E-state index contributed by atoms with van der Waals surface area (Å²) in [6, 6.07) is 4.91. The number of methoxy groups -OCH3 is 1. The Morgan fingerprint density at radius 1 is 1.50 bits per heavy atom. The molecule has 1 rings (SSSR count). The number of hydrogen-bond donors (Lipinski definition) is 2. The third-order valence-electron chi connectivity index (χ3n) is 2.83. The van der Waals surface area contributed by atoms with Crippen molar-refractivity contribution in [3.8, 4) is 0 Å². The van der Waals surface area contributed by atoms with E-state index in [0.29, 0.717) is 24.0 Å². The van der Waals surface area contributed by atoms with Crippen LogP contribution in [0.1, 0.15) is 18.9 Å². The van der Waals surface area contributed by atoms with Crippen LogP contribution in [0.15, 0.2) is 22.7 Å². The molecule has 0 saturated carbocycles. The first-order valence-corrected chi connectivity index (χ1v) is 6.59. The lowest BCUT2D eigenvalue weighted by atomic mass is 9.99. The molecule has 0 aliphatic carbocycles. The van der Waals surface area contributed by atoms with Crippen molar-refractivity contribution in [3.05, 3.63) is 34.1 Å². The topological polar surface area (TPSA) is 41.5 Å². The molecule has 0 heterocycles. The minimum absolute atomic E-state index is 0.0972. The van der Waals surface area contributed by atoms with Crippen LogP contribution < -0.4 is 5.32 Å². The predicted octanol–water partition coefficient (Wildman–Crippen LogP) is 2.47. The molecule has 0 radical (unpaired) electrons. The van der Waals surface area contributed by atoms with E-state index < -0.39 is 0 Å². The zero-order chi connectivity index (χ0) is 13.6. The van der Waals surface area contributed by atoms with Gasteiger partial charge in [0, 0.05) is 25.8 Å². The summed E-state index contributed by atoms with van der Waals surface area (Å²) in [5, 5.41) is 12.4. The molecule has 1 atom stereocenters. The average molecular weight is 320 g/mol. The lowest BCUT2D eigenvalue weighted by Crippen LogP contribution is -2.46. The maximum Gasteiger partial charge on any atom is 0.137 e. The summed E-state index contributed by atoms with van der Waals surface area (Å²) in [6.45, 7) is 3.19. The van der Waals surface area contributed by atoms with Gasteiger partial charge in [-0.1, -0.05) is 6.07 Å². The molecule has 0 aliphatic rings. The Morgan fingerprint density at radius 3 is 2.78 bits per heavy atom. The molecule has 0 aromatic heterocycles. The molecule has 18 heavy (non-hydrogen) atoms. The number of rotatable bonds is 7. The molecule has 5 heteroatoms. The summed E-state index contributed by atoms with van der Waals surface area (Å²) < 4.78 is 18.7. The number of ether oxygens (including phenoxy) is 1. The molecular formula is C13H19BrFNO2. The molecule has 3 nitrogen and oxygen atoms in total. The van der Waals surface area contributed by atoms with Crippen molar-refractivity contribution in [2.75, 3.05) is 20.3 Å². The van der Waals surface area contributed by atoms with Crippen molar-refractivity contribution in [2.45, 2.75) is 25.4 Å². The summed E-state index contributed by atoms with van der Waals surface area (Å²) >= 11 is 3.16. The van der Waals surface area contributed by atoms with E-state index in [-0.39, 0.29) is 18.0 Å². The third-order valence-corrected chi connectivity index (χ3v) is 3.44. The summed E-state index contributed by atoms with van der Waals surface area (Å²) in [7, 11) is 1.63. The Balaban J connectivity index is 2.63. The number of benzene rings is 1. The third kappa shape index (κ3) is 4.65. The molecule has 0 bridgehead atoms. The van der Waals surface area contributed by atoms with Gasteiger partial charge in [0.2, 0.25) is 0 Å². The second kappa shape index (κ2) is 7.19. The Hall–Kier alpha value is -0.490. The van der Waals surface area contributed by atoms with Gasteiger partial charge in [0.25, 0.3) is 0 Å². The van der Waals surface area contributed by atoms with Crippen molar-refractivity contribution < 1.29 is 14.2 Å². The SMILES string of the molecule is COCC(C)(CCO)NCc1ccc(F)c(Br)c1. The number of hydrogen-bond acceptors (Lipinski definition) is 3. The van der Waals surface area contributed by atoms with Gasteiger partial charge < -0.3 is 15.2 Å². The normalized spacial score (nSPS) is 14.5. The van der Waals surface area contributed by atoms with Gasteiger partial charge >= 0.3 is 0 Å². The lowest BCUT2D eigenvalue weighted by molar-refractivity contribution is 0.0969. The fourth-order valence-corrected chi connectivity index (χ4v) is 2.17. The van der Waals surface area contributed by atoms with E-state index in [1.807, 2.05) is 6.92 Å². The zero-order valence-electron chi connectivity index (χ0n) is 10.7. The molecule has 1 aromatic carbocycles. The number of halogens is 2. The molecule has 0 amide bonds. The largest absolute Gasteiger partial charge is 0.396 e. The smallest absolute Gasteiger partial charge is 0.137 e. The van der Waals surface area contributed by atoms with E-state index in [2.05, 4.69) is 21.2 Å². The zero-order valence-corrected chi connectivity index (χ0v) is 12.3. The average Bonchev–Trinajstić information content (AvgIpc) is 2.32. The van der Waals surface area contributed by atoms with Crippen LogP contribution in [0.3, 0.4) is 0 Å². The van der Waals surface area contributed by atoms with Crippen LogP contribution in [0.5, 0.6) is 0 Å². The van der Waals surface area contributed by atoms with Crippen molar-refractivity contribution in [2.24, 2.45) is 0 Å². The van der Waals surface area contributed by atoms with Crippen molar-refractivity contribution >= 4 is 15.9 Å². The van der Waals surface area contributed by atoms with Gasteiger partial charge in [0.15, 0.2) is 0 Å². The lowest BCUT2D eigenvalue weighted by Gasteiger charge is -2.29. The van der Waals surface area contributed by atoms with Crippen LogP contribution >= 0.6 is 15.9 Å². The summed E-state index contributed by atoms with van der Waals surface area (Å²) in [6.07, 6.45) is 0.600. The Morgan fingerprint density at radius 2 is 2.22 bits per heavy atom. The van der Waals surface area contributed by atoms with E-state index >= 15 is 0 Å². The molecule has 0 aliphatic heterocycles. The van der Waals surface area contributed by atoms with Gasteiger partial charge in [-0.3, -0.25) is 0 Å². The minimum Gasteiger partial charge on any atom is -0.396 e. The van der Waals surface area contributed by atoms with Gasteiger partial charge in [0.1, 0.15) is 5.82 Å². The molecular weight excluding hydrogens is 301 g/mol. The fourth-order valence-electron chi connectivity index (χ4n) is 1.74. The standard InChI is InChI=1S/C13H19BrFNO2/c1-13(5-6-17,9-18-2)16-8-10-3-4-12(15)11(14)7-10/h3-4,7,16-17H,5-6,8-9H2,1-2H3. The highest BCUT2D eigenvalue weighted by Crippen LogP contribution is 2.18. The Labute approximate surface area is 115 Å². The van der Waals surface area contributed by atoms with Crippen LogP contribution in [-0.2, 0) is 11.3 Å². The first-order valence-electron chi connectivity index (χ1n) is 5.79. The van der Waals surface area contributed by atoms with Crippen molar-refractivity contribution in [3.63, 3.8) is 0 Å². The maximum atomic E-state index is 13.1. The molecule has 2 N–H and O–H groups in total. The maximum absolute atomic E-state index is 13.1. The van der Waals surface area contributed by atoms with Gasteiger partial charge in [-0.25, -0.2) is 4.39 Å². The highest BCUT2D eigenvalue weighted by molar-refractivity contribution is 9.10. The van der Waals surface area contributed by atoms with Gasteiger partial charge in [-0.05, 0) is 47.0 Å². The van der Waals surface area contributed by atoms with E-state index in [4.69, 9.17) is 9.84 Å². The van der Waals surface area contributed by atoms with Crippen LogP contribution in [-0.4, -0.2) is 31.0 Å². The summed E-state index contributed by atoms with van der Waals surface area (Å²) in [5.41, 5.74) is 0.688. The molecule has 0 saturated heterocycles. The monoisotopic (exact) mass is 319 g/mol. The number of nitrogens with one attached hydrogen (secondary N) is 1. The fraction of sp³-hybridized carbons (Fsp3) is 0.538. The first-order chi connectivity index (χ1) is 8.50. The van der Waals surface area contributed by atoms with Gasteiger partial charge in [-0.15, -0.1) is 0 Å². The second-order valence-corrected chi connectivity index (χ2v) is 5.42. The van der Waals surface area contributed by atoms with Crippen LogP contribution in [0, 0.1) is 5.82 Å². The van der Waals surface area contributed by atoms with Crippen molar-refractivity contribution in [1.29, 1.82) is 0 Å². The molecule has 102 valence electrons. The molecule has 1 unspecified atom stereocenters. The second-order valence-electron chi connectivity index (χ2n) is 4.57. The number of aliphatic hydroxyl groups excluding tert-OH is 1. The van der Waals surface area contributed by atoms with Crippen LogP contribution in [0.25, 0.3) is 0 Å². The van der Waals surface area contributed by atoms with Gasteiger partial charge in [0.05, 0.1) is 11.1 Å². The Bertz CT molecular complexity index is 381. The van der Waals surface area contributed by atoms with E-state index in [9.17, 15) is 4.39 Å². The summed E-state index contributed by atoms with van der Waals surface area (Å²) in [4.78, 5) is 0. The van der Waals surface area contributed by atoms with E-state index in [0.717, 1.165) is 5.56 Å². The van der Waals surface area contributed by atoms with E-state index in [1.165, 1.54) is 6.07 Å². The van der Waals surface area contributed by atoms with E-state index in [1.54, 1.807) is 19.2 Å².